The molecular formula is C24H41O8. The monoisotopic (exact) mass is 457 g/mol. The van der Waals surface area contributed by atoms with E-state index in [1.807, 2.05) is 0 Å². The van der Waals surface area contributed by atoms with Crippen LogP contribution in [0.15, 0.2) is 0 Å². The number of carbonyl (C=O) groups is 4. The van der Waals surface area contributed by atoms with E-state index in [1.54, 1.807) is 6.92 Å². The zero-order chi connectivity index (χ0) is 24.0. The summed E-state index contributed by atoms with van der Waals surface area (Å²) in [4.78, 5) is 46.8. The van der Waals surface area contributed by atoms with Crippen molar-refractivity contribution >= 4 is 23.9 Å². The van der Waals surface area contributed by atoms with Gasteiger partial charge in [-0.2, -0.15) is 0 Å². The molecule has 0 spiro atoms. The van der Waals surface area contributed by atoms with Gasteiger partial charge >= 0.3 is 23.9 Å². The Morgan fingerprint density at radius 3 is 1.62 bits per heavy atom. The van der Waals surface area contributed by atoms with E-state index in [2.05, 4.69) is 13.8 Å². The van der Waals surface area contributed by atoms with Gasteiger partial charge in [-0.05, 0) is 51.9 Å². The number of hydrogen-bond donors (Lipinski definition) is 0. The highest BCUT2D eigenvalue weighted by Crippen LogP contribution is 2.10. The standard InChI is InChI=1S/C24H41O8/c1-4-7-8-12-17-30-22(26)16-11-14-18-31-21(25)15-10-9-13-19-32-24(28)20(5-2)23(27)29-6-3/h20H,2,4-19H2,1,3H3. The van der Waals surface area contributed by atoms with Crippen molar-refractivity contribution in [1.82, 2.24) is 0 Å². The molecule has 0 N–H and O–H groups in total. The van der Waals surface area contributed by atoms with Gasteiger partial charge in [0.05, 0.1) is 26.4 Å². The van der Waals surface area contributed by atoms with E-state index >= 15 is 0 Å². The van der Waals surface area contributed by atoms with Gasteiger partial charge < -0.3 is 18.9 Å². The molecular weight excluding hydrogens is 416 g/mol. The Morgan fingerprint density at radius 2 is 1.09 bits per heavy atom. The largest absolute Gasteiger partial charge is 0.466 e. The molecule has 0 aromatic rings. The van der Waals surface area contributed by atoms with Gasteiger partial charge in [-0.15, -0.1) is 0 Å². The zero-order valence-corrected chi connectivity index (χ0v) is 19.9. The SMILES string of the molecule is [CH2]CC(C(=O)OCC)C(=O)OCCCCCC(=O)OCCCCC(=O)OCCCCCC. The Morgan fingerprint density at radius 1 is 0.625 bits per heavy atom. The van der Waals surface area contributed by atoms with Crippen LogP contribution in [0.25, 0.3) is 0 Å². The van der Waals surface area contributed by atoms with Crippen molar-refractivity contribution in [3.8, 4) is 0 Å². The maximum Gasteiger partial charge on any atom is 0.320 e. The molecule has 0 bridgehead atoms. The molecule has 8 heteroatoms. The van der Waals surface area contributed by atoms with Crippen LogP contribution in [-0.2, 0) is 38.1 Å². The molecule has 1 atom stereocenters. The van der Waals surface area contributed by atoms with Crippen molar-refractivity contribution in [2.24, 2.45) is 5.92 Å². The van der Waals surface area contributed by atoms with E-state index in [1.165, 1.54) is 0 Å². The molecule has 0 aromatic heterocycles. The lowest BCUT2D eigenvalue weighted by molar-refractivity contribution is -0.162. The second kappa shape index (κ2) is 20.8. The fourth-order valence-electron chi connectivity index (χ4n) is 2.81. The topological polar surface area (TPSA) is 105 Å². The second-order valence-corrected chi connectivity index (χ2v) is 7.53. The number of ether oxygens (including phenoxy) is 4. The van der Waals surface area contributed by atoms with Crippen molar-refractivity contribution in [2.45, 2.75) is 90.9 Å². The number of rotatable bonds is 20. The van der Waals surface area contributed by atoms with Crippen molar-refractivity contribution in [3.63, 3.8) is 0 Å². The summed E-state index contributed by atoms with van der Waals surface area (Å²) in [5.74, 6) is -2.71. The third kappa shape index (κ3) is 16.6. The highest BCUT2D eigenvalue weighted by Gasteiger charge is 2.27. The lowest BCUT2D eigenvalue weighted by Gasteiger charge is -2.12. The Balaban J connectivity index is 3.61. The maximum absolute atomic E-state index is 11.9. The maximum atomic E-state index is 11.9. The zero-order valence-electron chi connectivity index (χ0n) is 19.9. The Bertz CT molecular complexity index is 532. The molecule has 0 amide bonds. The van der Waals surface area contributed by atoms with Gasteiger partial charge in [0.2, 0.25) is 0 Å². The molecule has 8 nitrogen and oxygen atoms in total. The molecule has 0 aliphatic rings. The van der Waals surface area contributed by atoms with Crippen LogP contribution >= 0.6 is 0 Å². The normalized spacial score (nSPS) is 11.5. The predicted octanol–water partition coefficient (Wildman–Crippen LogP) is 4.33. The fraction of sp³-hybridized carbons (Fsp3) is 0.792. The van der Waals surface area contributed by atoms with Crippen molar-refractivity contribution < 1.29 is 38.1 Å². The fourth-order valence-corrected chi connectivity index (χ4v) is 2.81. The van der Waals surface area contributed by atoms with Gasteiger partial charge in [-0.3, -0.25) is 19.2 Å². The Hall–Kier alpha value is -2.12. The first-order chi connectivity index (χ1) is 15.5. The minimum absolute atomic E-state index is 0.0870. The summed E-state index contributed by atoms with van der Waals surface area (Å²) in [6, 6.07) is 0. The molecule has 0 rings (SSSR count). The van der Waals surface area contributed by atoms with Gasteiger partial charge in [0, 0.05) is 12.8 Å². The van der Waals surface area contributed by atoms with E-state index in [0.29, 0.717) is 51.7 Å². The van der Waals surface area contributed by atoms with Crippen molar-refractivity contribution in [3.05, 3.63) is 6.92 Å². The van der Waals surface area contributed by atoms with Gasteiger partial charge in [-0.25, -0.2) is 0 Å². The molecule has 0 aliphatic heterocycles. The predicted molar refractivity (Wildman–Crippen MR) is 119 cm³/mol. The average Bonchev–Trinajstić information content (AvgIpc) is 2.76. The molecule has 0 heterocycles. The number of carbonyl (C=O) groups excluding carboxylic acids is 4. The molecule has 32 heavy (non-hydrogen) atoms. The summed E-state index contributed by atoms with van der Waals surface area (Å²) in [6.45, 7) is 8.53. The smallest absolute Gasteiger partial charge is 0.320 e. The Kier molecular flexibility index (Phi) is 19.4. The molecule has 1 radical (unpaired) electrons. The highest BCUT2D eigenvalue weighted by atomic mass is 16.6. The molecule has 0 aromatic carbocycles. The quantitative estimate of drug-likeness (QED) is 0.115. The lowest BCUT2D eigenvalue weighted by Crippen LogP contribution is -2.27. The molecule has 185 valence electrons. The molecule has 1 unspecified atom stereocenters. The number of hydrogen-bond acceptors (Lipinski definition) is 8. The van der Waals surface area contributed by atoms with E-state index in [-0.39, 0.29) is 38.0 Å². The van der Waals surface area contributed by atoms with Gasteiger partial charge in [0.1, 0.15) is 0 Å². The van der Waals surface area contributed by atoms with Crippen LogP contribution < -0.4 is 0 Å². The third-order valence-electron chi connectivity index (χ3n) is 4.71. The van der Waals surface area contributed by atoms with Crippen molar-refractivity contribution in [1.29, 1.82) is 0 Å². The molecule has 0 aliphatic carbocycles. The molecule has 0 fully saturated rings. The van der Waals surface area contributed by atoms with Crippen LogP contribution in [0.3, 0.4) is 0 Å². The van der Waals surface area contributed by atoms with Crippen LogP contribution in [0.2, 0.25) is 0 Å². The first kappa shape index (κ1) is 29.9. The third-order valence-corrected chi connectivity index (χ3v) is 4.71. The summed E-state index contributed by atoms with van der Waals surface area (Å²) in [5, 5.41) is 0. The van der Waals surface area contributed by atoms with Crippen molar-refractivity contribution in [2.75, 3.05) is 26.4 Å². The number of unbranched alkanes of at least 4 members (excludes halogenated alkanes) is 6. The van der Waals surface area contributed by atoms with E-state index in [9.17, 15) is 19.2 Å². The summed E-state index contributed by atoms with van der Waals surface area (Å²) < 4.78 is 20.2. The summed E-state index contributed by atoms with van der Waals surface area (Å²) in [6.07, 6.45) is 8.18. The minimum Gasteiger partial charge on any atom is -0.466 e. The van der Waals surface area contributed by atoms with Crippen LogP contribution in [0.5, 0.6) is 0 Å². The number of esters is 4. The van der Waals surface area contributed by atoms with Gasteiger partial charge in [0.25, 0.3) is 0 Å². The summed E-state index contributed by atoms with van der Waals surface area (Å²) >= 11 is 0. The van der Waals surface area contributed by atoms with Crippen LogP contribution in [0.4, 0.5) is 0 Å². The molecule has 0 saturated carbocycles. The van der Waals surface area contributed by atoms with E-state index in [0.717, 1.165) is 25.7 Å². The minimum atomic E-state index is -0.988. The summed E-state index contributed by atoms with van der Waals surface area (Å²) in [7, 11) is 0. The van der Waals surface area contributed by atoms with E-state index in [4.69, 9.17) is 18.9 Å². The lowest BCUT2D eigenvalue weighted by atomic mass is 10.1. The average molecular weight is 458 g/mol. The highest BCUT2D eigenvalue weighted by molar-refractivity contribution is 5.94. The Labute approximate surface area is 192 Å². The first-order valence-corrected chi connectivity index (χ1v) is 11.9. The summed E-state index contributed by atoms with van der Waals surface area (Å²) in [5.41, 5.74) is 0. The van der Waals surface area contributed by atoms with Crippen LogP contribution in [0.1, 0.15) is 90.9 Å². The van der Waals surface area contributed by atoms with Gasteiger partial charge in [0.15, 0.2) is 5.92 Å². The van der Waals surface area contributed by atoms with Crippen LogP contribution in [0, 0.1) is 12.8 Å². The second-order valence-electron chi connectivity index (χ2n) is 7.53. The van der Waals surface area contributed by atoms with E-state index < -0.39 is 17.9 Å². The van der Waals surface area contributed by atoms with Gasteiger partial charge in [-0.1, -0.05) is 33.1 Å². The first-order valence-electron chi connectivity index (χ1n) is 11.9. The van der Waals surface area contributed by atoms with Crippen LogP contribution in [-0.4, -0.2) is 50.3 Å². The molecule has 0 saturated heterocycles.